The van der Waals surface area contributed by atoms with Crippen molar-refractivity contribution in [2.75, 3.05) is 53.6 Å². The Kier molecular flexibility index (Phi) is 6.42. The second-order valence-corrected chi connectivity index (χ2v) is 7.86. The number of benzene rings is 2. The molecule has 0 unspecified atom stereocenters. The molecule has 0 saturated carbocycles. The maximum atomic E-state index is 13.4. The molecule has 2 heterocycles. The van der Waals surface area contributed by atoms with E-state index in [-0.39, 0.29) is 23.7 Å². The lowest BCUT2D eigenvalue weighted by Crippen LogP contribution is -2.45. The fourth-order valence-electron chi connectivity index (χ4n) is 4.34. The van der Waals surface area contributed by atoms with E-state index in [0.29, 0.717) is 50.7 Å². The standard InChI is InChI=1S/C24H28N2O5/c1-29-19-7-3-17(4-8-19)21-15-26(23(27)18-5-9-20(30-2)10-6-18)16-22(21)24(28)25-11-13-31-14-12-25/h3-10,21-22H,11-16H2,1-2H3/t21-,22-/m1/s1. The van der Waals surface area contributed by atoms with E-state index in [1.165, 1.54) is 0 Å². The molecule has 2 aliphatic heterocycles. The van der Waals surface area contributed by atoms with Crippen molar-refractivity contribution < 1.29 is 23.8 Å². The van der Waals surface area contributed by atoms with Gasteiger partial charge < -0.3 is 24.0 Å². The molecule has 7 heteroatoms. The summed E-state index contributed by atoms with van der Waals surface area (Å²) in [7, 11) is 3.23. The number of likely N-dealkylation sites (tertiary alicyclic amines) is 1. The van der Waals surface area contributed by atoms with E-state index in [4.69, 9.17) is 14.2 Å². The minimum Gasteiger partial charge on any atom is -0.497 e. The van der Waals surface area contributed by atoms with Crippen LogP contribution in [0.3, 0.4) is 0 Å². The van der Waals surface area contributed by atoms with Gasteiger partial charge in [-0.2, -0.15) is 0 Å². The van der Waals surface area contributed by atoms with Crippen molar-refractivity contribution in [2.45, 2.75) is 5.92 Å². The van der Waals surface area contributed by atoms with Gasteiger partial charge in [-0.15, -0.1) is 0 Å². The molecule has 7 nitrogen and oxygen atoms in total. The minimum absolute atomic E-state index is 0.0663. The monoisotopic (exact) mass is 424 g/mol. The summed E-state index contributed by atoms with van der Waals surface area (Å²) in [5, 5.41) is 0. The second kappa shape index (κ2) is 9.39. The zero-order valence-electron chi connectivity index (χ0n) is 18.0. The highest BCUT2D eigenvalue weighted by Gasteiger charge is 2.42. The molecule has 2 aromatic rings. The molecule has 0 N–H and O–H groups in total. The summed E-state index contributed by atoms with van der Waals surface area (Å²) in [6.07, 6.45) is 0. The highest BCUT2D eigenvalue weighted by atomic mass is 16.5. The number of nitrogens with zero attached hydrogens (tertiary/aromatic N) is 2. The highest BCUT2D eigenvalue weighted by molar-refractivity contribution is 5.95. The molecule has 2 fully saturated rings. The molecular formula is C24H28N2O5. The molecule has 0 bridgehead atoms. The van der Waals surface area contributed by atoms with E-state index < -0.39 is 0 Å². The molecule has 2 atom stereocenters. The van der Waals surface area contributed by atoms with Crippen LogP contribution in [0.4, 0.5) is 0 Å². The molecule has 0 aliphatic carbocycles. The Labute approximate surface area is 182 Å². The average Bonchev–Trinajstić information content (AvgIpc) is 3.29. The molecule has 164 valence electrons. The van der Waals surface area contributed by atoms with Crippen LogP contribution in [0.5, 0.6) is 11.5 Å². The van der Waals surface area contributed by atoms with Crippen LogP contribution in [0.2, 0.25) is 0 Å². The first-order valence-electron chi connectivity index (χ1n) is 10.5. The van der Waals surface area contributed by atoms with Crippen molar-refractivity contribution in [3.63, 3.8) is 0 Å². The van der Waals surface area contributed by atoms with E-state index in [1.54, 1.807) is 43.4 Å². The molecule has 2 aliphatic rings. The Hall–Kier alpha value is -3.06. The maximum Gasteiger partial charge on any atom is 0.253 e. The first-order valence-corrected chi connectivity index (χ1v) is 10.5. The molecule has 2 saturated heterocycles. The lowest BCUT2D eigenvalue weighted by Gasteiger charge is -2.30. The second-order valence-electron chi connectivity index (χ2n) is 7.86. The van der Waals surface area contributed by atoms with Crippen LogP contribution in [0.15, 0.2) is 48.5 Å². The van der Waals surface area contributed by atoms with Gasteiger partial charge in [-0.05, 0) is 42.0 Å². The van der Waals surface area contributed by atoms with Crippen LogP contribution in [0.1, 0.15) is 21.8 Å². The van der Waals surface area contributed by atoms with E-state index in [0.717, 1.165) is 11.3 Å². The minimum atomic E-state index is -0.284. The number of carbonyl (C=O) groups is 2. The van der Waals surface area contributed by atoms with Crippen molar-refractivity contribution in [3.05, 3.63) is 59.7 Å². The summed E-state index contributed by atoms with van der Waals surface area (Å²) in [6, 6.07) is 14.9. The van der Waals surface area contributed by atoms with Crippen molar-refractivity contribution in [1.82, 2.24) is 9.80 Å². The van der Waals surface area contributed by atoms with Crippen molar-refractivity contribution in [1.29, 1.82) is 0 Å². The van der Waals surface area contributed by atoms with Gasteiger partial charge in [-0.25, -0.2) is 0 Å². The lowest BCUT2D eigenvalue weighted by molar-refractivity contribution is -0.139. The normalized spacial score (nSPS) is 21.1. The number of amides is 2. The third kappa shape index (κ3) is 4.51. The van der Waals surface area contributed by atoms with Crippen LogP contribution < -0.4 is 9.47 Å². The van der Waals surface area contributed by atoms with Crippen LogP contribution >= 0.6 is 0 Å². The van der Waals surface area contributed by atoms with Gasteiger partial charge in [0.1, 0.15) is 11.5 Å². The number of hydrogen-bond donors (Lipinski definition) is 0. The van der Waals surface area contributed by atoms with Gasteiger partial charge >= 0.3 is 0 Å². The fourth-order valence-corrected chi connectivity index (χ4v) is 4.34. The van der Waals surface area contributed by atoms with E-state index in [2.05, 4.69) is 0 Å². The number of carbonyl (C=O) groups excluding carboxylic acids is 2. The zero-order chi connectivity index (χ0) is 21.8. The van der Waals surface area contributed by atoms with Gasteiger partial charge in [0.25, 0.3) is 5.91 Å². The summed E-state index contributed by atoms with van der Waals surface area (Å²) in [5.74, 6) is 1.14. The number of rotatable bonds is 5. The van der Waals surface area contributed by atoms with Crippen molar-refractivity contribution in [2.24, 2.45) is 5.92 Å². The van der Waals surface area contributed by atoms with Gasteiger partial charge in [0.05, 0.1) is 33.4 Å². The average molecular weight is 424 g/mol. The molecule has 0 aromatic heterocycles. The summed E-state index contributed by atoms with van der Waals surface area (Å²) in [5.41, 5.74) is 1.63. The zero-order valence-corrected chi connectivity index (χ0v) is 18.0. The van der Waals surface area contributed by atoms with Gasteiger partial charge in [0.2, 0.25) is 5.91 Å². The predicted octanol–water partition coefficient (Wildman–Crippen LogP) is 2.42. The van der Waals surface area contributed by atoms with Gasteiger partial charge in [0.15, 0.2) is 0 Å². The molecule has 0 spiro atoms. The quantitative estimate of drug-likeness (QED) is 0.738. The number of hydrogen-bond acceptors (Lipinski definition) is 5. The molecular weight excluding hydrogens is 396 g/mol. The van der Waals surface area contributed by atoms with Crippen LogP contribution in [0.25, 0.3) is 0 Å². The summed E-state index contributed by atoms with van der Waals surface area (Å²) >= 11 is 0. The van der Waals surface area contributed by atoms with Crippen molar-refractivity contribution in [3.8, 4) is 11.5 Å². The third-order valence-corrected chi connectivity index (χ3v) is 6.13. The smallest absolute Gasteiger partial charge is 0.253 e. The molecule has 4 rings (SSSR count). The van der Waals surface area contributed by atoms with E-state index in [9.17, 15) is 9.59 Å². The third-order valence-electron chi connectivity index (χ3n) is 6.13. The van der Waals surface area contributed by atoms with Gasteiger partial charge in [-0.3, -0.25) is 9.59 Å². The molecule has 2 aromatic carbocycles. The van der Waals surface area contributed by atoms with Crippen LogP contribution in [-0.2, 0) is 9.53 Å². The van der Waals surface area contributed by atoms with E-state index in [1.807, 2.05) is 29.2 Å². The van der Waals surface area contributed by atoms with Crippen molar-refractivity contribution >= 4 is 11.8 Å². The van der Waals surface area contributed by atoms with Gasteiger partial charge in [0, 0.05) is 37.7 Å². The molecule has 31 heavy (non-hydrogen) atoms. The Balaban J connectivity index is 1.58. The predicted molar refractivity (Wildman–Crippen MR) is 116 cm³/mol. The largest absolute Gasteiger partial charge is 0.497 e. The maximum absolute atomic E-state index is 13.4. The number of methoxy groups -OCH3 is 2. The first-order chi connectivity index (χ1) is 15.1. The topological polar surface area (TPSA) is 68.3 Å². The molecule has 2 amide bonds. The Morgan fingerprint density at radius 3 is 2.00 bits per heavy atom. The van der Waals surface area contributed by atoms with E-state index >= 15 is 0 Å². The SMILES string of the molecule is COc1ccc(C(=O)N2C[C@H](c3ccc(OC)cc3)[C@H](C(=O)N3CCOCC3)C2)cc1. The highest BCUT2D eigenvalue weighted by Crippen LogP contribution is 2.36. The molecule has 0 radical (unpaired) electrons. The summed E-state index contributed by atoms with van der Waals surface area (Å²) in [4.78, 5) is 30.2. The van der Waals surface area contributed by atoms with Gasteiger partial charge in [-0.1, -0.05) is 12.1 Å². The number of morpholine rings is 1. The van der Waals surface area contributed by atoms with Crippen LogP contribution in [-0.4, -0.2) is 75.2 Å². The Bertz CT molecular complexity index is 907. The van der Waals surface area contributed by atoms with Crippen LogP contribution in [0, 0.1) is 5.92 Å². The summed E-state index contributed by atoms with van der Waals surface area (Å²) in [6.45, 7) is 3.20. The Morgan fingerprint density at radius 2 is 1.42 bits per heavy atom. The Morgan fingerprint density at radius 1 is 0.839 bits per heavy atom. The first kappa shape index (κ1) is 21.2. The fraction of sp³-hybridized carbons (Fsp3) is 0.417. The lowest BCUT2D eigenvalue weighted by atomic mass is 9.88. The number of ether oxygens (including phenoxy) is 3. The summed E-state index contributed by atoms with van der Waals surface area (Å²) < 4.78 is 15.9.